The van der Waals surface area contributed by atoms with E-state index >= 15 is 0 Å². The molecule has 0 aromatic carbocycles. The van der Waals surface area contributed by atoms with Crippen LogP contribution in [0.25, 0.3) is 0 Å². The first kappa shape index (κ1) is 37.1. The lowest BCUT2D eigenvalue weighted by atomic mass is 9.95. The summed E-state index contributed by atoms with van der Waals surface area (Å²) in [5.74, 6) is -0.672. The van der Waals surface area contributed by atoms with Gasteiger partial charge in [-0.2, -0.15) is 0 Å². The van der Waals surface area contributed by atoms with Gasteiger partial charge in [0.15, 0.2) is 0 Å². The Kier molecular flexibility index (Phi) is 15.0. The normalized spacial score (nSPS) is 11.7. The van der Waals surface area contributed by atoms with Crippen LogP contribution >= 0.6 is 43.5 Å². The molecule has 2 aromatic heterocycles. The van der Waals surface area contributed by atoms with Crippen molar-refractivity contribution in [1.82, 2.24) is 19.9 Å². The second-order valence-corrected chi connectivity index (χ2v) is 13.7. The van der Waals surface area contributed by atoms with Gasteiger partial charge in [0.05, 0.1) is 26.4 Å². The number of halogens is 3. The number of aliphatic hydroxyl groups excluding tert-OH is 1. The highest BCUT2D eigenvalue weighted by Gasteiger charge is 2.34. The number of hydrogen-bond donors (Lipinski definition) is 1. The Morgan fingerprint density at radius 2 is 1.10 bits per heavy atom. The van der Waals surface area contributed by atoms with Gasteiger partial charge in [0, 0.05) is 24.8 Å². The van der Waals surface area contributed by atoms with Crippen molar-refractivity contribution in [1.29, 1.82) is 0 Å². The maximum absolute atomic E-state index is 12.0. The monoisotopic (exact) mass is 696 g/mol. The zero-order chi connectivity index (χ0) is 30.7. The van der Waals surface area contributed by atoms with Crippen LogP contribution in [-0.4, -0.2) is 61.4 Å². The first-order valence-electron chi connectivity index (χ1n) is 11.9. The summed E-state index contributed by atoms with van der Waals surface area (Å²) < 4.78 is 17.5. The van der Waals surface area contributed by atoms with Crippen molar-refractivity contribution in [2.45, 2.75) is 80.4 Å². The molecule has 0 bridgehead atoms. The average molecular weight is 699 g/mol. The fraction of sp³-hybridized carbons (Fsp3) is 0.615. The lowest BCUT2D eigenvalue weighted by Gasteiger charge is -2.27. The van der Waals surface area contributed by atoms with E-state index in [0.717, 1.165) is 8.95 Å². The molecule has 0 spiro atoms. The van der Waals surface area contributed by atoms with Crippen molar-refractivity contribution in [3.8, 4) is 6.01 Å². The first-order valence-corrected chi connectivity index (χ1v) is 13.9. The Morgan fingerprint density at radius 3 is 1.44 bits per heavy atom. The lowest BCUT2D eigenvalue weighted by Crippen LogP contribution is -2.37. The number of nitrogens with zero attached hydrogens (tertiary/aromatic N) is 4. The molecule has 0 radical (unpaired) electrons. The minimum atomic E-state index is -0.798. The Balaban J connectivity index is 0.000000614. The van der Waals surface area contributed by atoms with Crippen LogP contribution in [0.1, 0.15) is 69.2 Å². The molecule has 0 aliphatic carbocycles. The van der Waals surface area contributed by atoms with Crippen LogP contribution < -0.4 is 4.74 Å². The third-order valence-electron chi connectivity index (χ3n) is 4.05. The second-order valence-electron chi connectivity index (χ2n) is 11.6. The van der Waals surface area contributed by atoms with E-state index in [-0.39, 0.29) is 36.4 Å². The van der Waals surface area contributed by atoms with Gasteiger partial charge in [-0.15, -0.1) is 0 Å². The van der Waals surface area contributed by atoms with Gasteiger partial charge >= 0.3 is 17.9 Å². The van der Waals surface area contributed by atoms with Crippen LogP contribution in [-0.2, 0) is 19.1 Å². The molecule has 1 N–H and O–H groups in total. The quantitative estimate of drug-likeness (QED) is 0.274. The molecule has 10 nitrogen and oxygen atoms in total. The summed E-state index contributed by atoms with van der Waals surface area (Å²) in [4.78, 5) is 38.7. The standard InChI is InChI=1S/C13H19BrN2O3.C9H18O3.C4H2BrClN2/c1-12(2,3)19-10(17)13(4,5)8-18-11-15-6-9(14)7-16-11;1-8(2,3)12-7(11)9(4,5)6-10;5-3-1-7-4(6)8-2-3/h6-7H,8H2,1-5H3;10H,6H2,1-5H3;1-2H. The molecule has 0 unspecified atom stereocenters. The van der Waals surface area contributed by atoms with Gasteiger partial charge < -0.3 is 19.3 Å². The lowest BCUT2D eigenvalue weighted by molar-refractivity contribution is -0.168. The molecule has 13 heteroatoms. The van der Waals surface area contributed by atoms with E-state index in [1.165, 1.54) is 0 Å². The van der Waals surface area contributed by atoms with Crippen molar-refractivity contribution in [3.63, 3.8) is 0 Å². The Bertz CT molecular complexity index is 1020. The number of hydrogen-bond acceptors (Lipinski definition) is 10. The van der Waals surface area contributed by atoms with Crippen LogP contribution in [0.15, 0.2) is 33.7 Å². The smallest absolute Gasteiger partial charge is 0.316 e. The Labute approximate surface area is 252 Å². The van der Waals surface area contributed by atoms with Crippen molar-refractivity contribution >= 4 is 55.4 Å². The maximum atomic E-state index is 12.0. The minimum Gasteiger partial charge on any atom is -0.462 e. The fourth-order valence-corrected chi connectivity index (χ4v) is 2.38. The predicted molar refractivity (Wildman–Crippen MR) is 156 cm³/mol. The Morgan fingerprint density at radius 1 is 0.744 bits per heavy atom. The molecule has 39 heavy (non-hydrogen) atoms. The highest BCUT2D eigenvalue weighted by atomic mass is 79.9. The molecule has 0 aliphatic rings. The summed E-state index contributed by atoms with van der Waals surface area (Å²) in [6.45, 7) is 17.7. The number of rotatable bonds is 6. The van der Waals surface area contributed by atoms with Crippen molar-refractivity contribution in [3.05, 3.63) is 39.0 Å². The third kappa shape index (κ3) is 17.4. The molecule has 0 aliphatic heterocycles. The summed E-state index contributed by atoms with van der Waals surface area (Å²) in [6, 6.07) is 0.236. The van der Waals surface area contributed by atoms with Gasteiger partial charge in [-0.1, -0.05) is 0 Å². The third-order valence-corrected chi connectivity index (χ3v) is 5.06. The summed E-state index contributed by atoms with van der Waals surface area (Å²) in [5, 5.41) is 9.13. The molecule has 0 saturated carbocycles. The van der Waals surface area contributed by atoms with Gasteiger partial charge in [0.2, 0.25) is 5.28 Å². The number of esters is 2. The van der Waals surface area contributed by atoms with Crippen LogP contribution in [0.2, 0.25) is 5.28 Å². The van der Waals surface area contributed by atoms with E-state index < -0.39 is 22.0 Å². The molecule has 220 valence electrons. The largest absolute Gasteiger partial charge is 0.462 e. The molecule has 0 saturated heterocycles. The van der Waals surface area contributed by atoms with Gasteiger partial charge in [-0.25, -0.2) is 19.9 Å². The molecule has 0 fully saturated rings. The molecule has 0 amide bonds. The molecule has 0 atom stereocenters. The van der Waals surface area contributed by atoms with Crippen molar-refractivity contribution in [2.24, 2.45) is 10.8 Å². The van der Waals surface area contributed by atoms with E-state index in [1.807, 2.05) is 20.8 Å². The second kappa shape index (κ2) is 15.8. The summed E-state index contributed by atoms with van der Waals surface area (Å²) in [7, 11) is 0. The van der Waals surface area contributed by atoms with Crippen LogP contribution in [0.5, 0.6) is 6.01 Å². The highest BCUT2D eigenvalue weighted by molar-refractivity contribution is 9.10. The van der Waals surface area contributed by atoms with E-state index in [1.54, 1.807) is 73.3 Å². The van der Waals surface area contributed by atoms with Crippen molar-refractivity contribution in [2.75, 3.05) is 13.2 Å². The summed E-state index contributed by atoms with van der Waals surface area (Å²) in [5.41, 5.74) is -2.55. The predicted octanol–water partition coefficient (Wildman–Crippen LogP) is 6.22. The van der Waals surface area contributed by atoms with Gasteiger partial charge in [-0.3, -0.25) is 9.59 Å². The summed E-state index contributed by atoms with van der Waals surface area (Å²) >= 11 is 11.8. The highest BCUT2D eigenvalue weighted by Crippen LogP contribution is 2.23. The molecule has 2 heterocycles. The number of ether oxygens (including phenoxy) is 3. The van der Waals surface area contributed by atoms with Crippen molar-refractivity contribution < 1.29 is 28.9 Å². The number of aliphatic hydroxyl groups is 1. The zero-order valence-corrected chi connectivity index (χ0v) is 28.1. The molecular weight excluding hydrogens is 660 g/mol. The molecule has 2 aromatic rings. The van der Waals surface area contributed by atoms with Crippen LogP contribution in [0.3, 0.4) is 0 Å². The number of carbonyl (C=O) groups excluding carboxylic acids is 2. The Hall–Kier alpha value is -1.89. The zero-order valence-electron chi connectivity index (χ0n) is 24.1. The van der Waals surface area contributed by atoms with E-state index in [2.05, 4.69) is 51.8 Å². The fourth-order valence-electron chi connectivity index (χ4n) is 1.87. The average Bonchev–Trinajstić information content (AvgIpc) is 2.79. The van der Waals surface area contributed by atoms with Gasteiger partial charge in [0.25, 0.3) is 0 Å². The van der Waals surface area contributed by atoms with E-state index in [9.17, 15) is 9.59 Å². The van der Waals surface area contributed by atoms with E-state index in [4.69, 9.17) is 30.9 Å². The maximum Gasteiger partial charge on any atom is 0.316 e. The van der Waals surface area contributed by atoms with Crippen LogP contribution in [0.4, 0.5) is 0 Å². The minimum absolute atomic E-state index is 0.156. The van der Waals surface area contributed by atoms with Gasteiger partial charge in [-0.05, 0) is 113 Å². The topological polar surface area (TPSA) is 134 Å². The molecular formula is C26H39Br2ClN4O6. The number of carbonyl (C=O) groups is 2. The van der Waals surface area contributed by atoms with Crippen LogP contribution in [0, 0.1) is 10.8 Å². The van der Waals surface area contributed by atoms with Gasteiger partial charge in [0.1, 0.15) is 17.8 Å². The number of aromatic nitrogens is 4. The SMILES string of the molecule is CC(C)(C)OC(=O)C(C)(C)CO.CC(C)(C)OC(=O)C(C)(C)COc1ncc(Br)cn1.Clc1ncc(Br)cn1. The van der Waals surface area contributed by atoms with E-state index in [0.29, 0.717) is 0 Å². The summed E-state index contributed by atoms with van der Waals surface area (Å²) in [6.07, 6.45) is 6.36. The molecule has 2 rings (SSSR count). The first-order chi connectivity index (χ1) is 17.6.